The number of halogens is 4. The van der Waals surface area contributed by atoms with Gasteiger partial charge in [0.2, 0.25) is 5.88 Å². The number of nitrogens with two attached hydrogens (primary N) is 1. The minimum Gasteiger partial charge on any atom is -0.368 e. The lowest BCUT2D eigenvalue weighted by Gasteiger charge is -2.14. The Morgan fingerprint density at radius 1 is 1.20 bits per heavy atom. The summed E-state index contributed by atoms with van der Waals surface area (Å²) >= 11 is 5.39. The number of aryl methyl sites for hydroxylation is 1. The number of benzene rings is 1. The predicted molar refractivity (Wildman–Crippen MR) is 116 cm³/mol. The van der Waals surface area contributed by atoms with Crippen LogP contribution in [0.5, 0.6) is 0 Å². The van der Waals surface area contributed by atoms with E-state index in [2.05, 4.69) is 25.9 Å². The van der Waals surface area contributed by atoms with Crippen LogP contribution < -0.4 is 5.73 Å². The van der Waals surface area contributed by atoms with E-state index in [1.54, 1.807) is 6.92 Å². The number of aldehydes is 1. The van der Waals surface area contributed by atoms with Crippen LogP contribution in [0.3, 0.4) is 0 Å². The molecule has 1 aromatic heterocycles. The van der Waals surface area contributed by atoms with Gasteiger partial charge in [-0.2, -0.15) is 13.2 Å². The topological polar surface area (TPSA) is 69.1 Å². The fraction of sp³-hybridized carbons (Fsp3) is 0.545. The Morgan fingerprint density at radius 2 is 1.80 bits per heavy atom. The monoisotopic (exact) mass is 448 g/mol. The quantitative estimate of drug-likeness (QED) is 0.466. The van der Waals surface area contributed by atoms with Crippen molar-refractivity contribution in [2.24, 2.45) is 5.92 Å². The molecule has 1 aromatic carbocycles. The second-order valence-electron chi connectivity index (χ2n) is 7.07. The largest absolute Gasteiger partial charge is 0.417 e. The molecule has 0 aliphatic carbocycles. The molecular weight excluding hydrogens is 417 g/mol. The molecule has 170 valence electrons. The molecule has 2 unspecified atom stereocenters. The number of rotatable bonds is 6. The average molecular weight is 449 g/mol. The minimum absolute atomic E-state index is 0.248. The van der Waals surface area contributed by atoms with Gasteiger partial charge in [0.05, 0.1) is 16.3 Å². The molecule has 0 aliphatic rings. The molecule has 2 rings (SSSR count). The summed E-state index contributed by atoms with van der Waals surface area (Å²) in [7, 11) is 0. The summed E-state index contributed by atoms with van der Waals surface area (Å²) in [6, 6.07) is 5.52. The molecule has 0 amide bonds. The summed E-state index contributed by atoms with van der Waals surface area (Å²) in [6.07, 6.45) is 1.17. The number of carbonyl (C=O) groups excluding carboxylic acids is 1. The fourth-order valence-electron chi connectivity index (χ4n) is 2.60. The number of hydrogen-bond acceptors (Lipinski definition) is 4. The van der Waals surface area contributed by atoms with Crippen LogP contribution in [0.4, 0.5) is 19.1 Å². The summed E-state index contributed by atoms with van der Waals surface area (Å²) < 4.78 is 41.2. The van der Waals surface area contributed by atoms with Gasteiger partial charge in [0, 0.05) is 12.0 Å². The van der Waals surface area contributed by atoms with Crippen LogP contribution in [0.25, 0.3) is 0 Å². The van der Waals surface area contributed by atoms with Crippen LogP contribution in [0, 0.1) is 12.8 Å². The lowest BCUT2D eigenvalue weighted by atomic mass is 9.91. The maximum Gasteiger partial charge on any atom is 0.417 e. The van der Waals surface area contributed by atoms with Gasteiger partial charge >= 0.3 is 6.18 Å². The number of hydrogen-bond donors (Lipinski definition) is 1. The molecule has 0 saturated carbocycles. The summed E-state index contributed by atoms with van der Waals surface area (Å²) in [5.74, 6) is 1.72. The molecule has 4 nitrogen and oxygen atoms in total. The van der Waals surface area contributed by atoms with Gasteiger partial charge in [-0.05, 0) is 50.3 Å². The molecule has 0 radical (unpaired) electrons. The van der Waals surface area contributed by atoms with E-state index < -0.39 is 11.7 Å². The summed E-state index contributed by atoms with van der Waals surface area (Å²) in [6.45, 7) is 9.85. The molecule has 0 bridgehead atoms. The highest BCUT2D eigenvalue weighted by molar-refractivity contribution is 6.31. The first-order chi connectivity index (χ1) is 14.0. The first kappa shape index (κ1) is 28.0. The van der Waals surface area contributed by atoms with E-state index in [4.69, 9.17) is 26.7 Å². The summed E-state index contributed by atoms with van der Waals surface area (Å²) in [5, 5.41) is 3.74. The Labute approximate surface area is 182 Å². The van der Waals surface area contributed by atoms with Crippen molar-refractivity contribution in [1.82, 2.24) is 5.16 Å². The summed E-state index contributed by atoms with van der Waals surface area (Å²) in [4.78, 5) is 8.81. The van der Waals surface area contributed by atoms with Gasteiger partial charge in [-0.15, -0.1) is 0 Å². The van der Waals surface area contributed by atoms with E-state index in [1.165, 1.54) is 38.3 Å². The van der Waals surface area contributed by atoms with Crippen molar-refractivity contribution in [2.45, 2.75) is 72.4 Å². The zero-order valence-corrected chi connectivity index (χ0v) is 19.0. The molecule has 0 aliphatic heterocycles. The molecule has 30 heavy (non-hydrogen) atoms. The Hall–Kier alpha value is -2.02. The highest BCUT2D eigenvalue weighted by Crippen LogP contribution is 2.34. The molecule has 1 heterocycles. The molecule has 0 saturated heterocycles. The van der Waals surface area contributed by atoms with Crippen molar-refractivity contribution in [1.29, 1.82) is 0 Å². The van der Waals surface area contributed by atoms with E-state index in [9.17, 15) is 13.2 Å². The van der Waals surface area contributed by atoms with E-state index in [1.807, 2.05) is 6.07 Å². The SMILES string of the molecule is CC=O.CCC(C)CCC(CC)c1cc(N)on1.Cc1ccc(C(F)(F)F)c(Cl)c1. The Balaban J connectivity index is 0.000000505. The molecular formula is C22H32ClF3N2O2. The van der Waals surface area contributed by atoms with Crippen LogP contribution >= 0.6 is 11.6 Å². The standard InChI is InChI=1S/C12H22N2O.C8H6ClF3.C2H4O/c1-4-9(3)6-7-10(5-2)11-8-12(13)15-14-11;1-5-2-3-6(7(9)4-5)8(10,11)12;1-2-3/h8-10H,4-7,13H2,1-3H3;2-4H,1H3;2H,1H3. The Kier molecular flexibility index (Phi) is 13.1. The second kappa shape index (κ2) is 14.1. The molecule has 2 aromatic rings. The van der Waals surface area contributed by atoms with Gasteiger partial charge in [-0.3, -0.25) is 0 Å². The number of alkyl halides is 3. The van der Waals surface area contributed by atoms with Crippen LogP contribution in [-0.4, -0.2) is 11.4 Å². The van der Waals surface area contributed by atoms with Crippen molar-refractivity contribution in [3.63, 3.8) is 0 Å². The third-order valence-electron chi connectivity index (χ3n) is 4.59. The Morgan fingerprint density at radius 3 is 2.20 bits per heavy atom. The van der Waals surface area contributed by atoms with Gasteiger partial charge in [0.15, 0.2) is 0 Å². The maximum atomic E-state index is 12.1. The van der Waals surface area contributed by atoms with E-state index in [-0.39, 0.29) is 5.02 Å². The lowest BCUT2D eigenvalue weighted by molar-refractivity contribution is -0.137. The van der Waals surface area contributed by atoms with Crippen LogP contribution in [0.15, 0.2) is 28.8 Å². The van der Waals surface area contributed by atoms with Crippen molar-refractivity contribution in [3.8, 4) is 0 Å². The third kappa shape index (κ3) is 10.7. The highest BCUT2D eigenvalue weighted by Gasteiger charge is 2.32. The van der Waals surface area contributed by atoms with Crippen molar-refractivity contribution in [3.05, 3.63) is 46.1 Å². The number of nitrogen functional groups attached to an aromatic ring is 1. The van der Waals surface area contributed by atoms with Gasteiger partial charge in [-0.1, -0.05) is 56.4 Å². The van der Waals surface area contributed by atoms with E-state index >= 15 is 0 Å². The third-order valence-corrected chi connectivity index (χ3v) is 4.91. The van der Waals surface area contributed by atoms with Gasteiger partial charge in [-0.25, -0.2) is 0 Å². The molecule has 2 atom stereocenters. The average Bonchev–Trinajstić information content (AvgIpc) is 3.08. The van der Waals surface area contributed by atoms with Gasteiger partial charge < -0.3 is 15.1 Å². The molecule has 8 heteroatoms. The minimum atomic E-state index is -4.36. The number of carbonyl (C=O) groups is 1. The second-order valence-corrected chi connectivity index (χ2v) is 7.47. The van der Waals surface area contributed by atoms with Crippen LogP contribution in [-0.2, 0) is 11.0 Å². The van der Waals surface area contributed by atoms with Crippen molar-refractivity contribution >= 4 is 23.8 Å². The fourth-order valence-corrected chi connectivity index (χ4v) is 2.94. The smallest absolute Gasteiger partial charge is 0.368 e. The Bertz CT molecular complexity index is 748. The molecule has 2 N–H and O–H groups in total. The van der Waals surface area contributed by atoms with Crippen molar-refractivity contribution < 1.29 is 22.5 Å². The van der Waals surface area contributed by atoms with Crippen LogP contribution in [0.1, 0.15) is 76.1 Å². The number of aromatic nitrogens is 1. The molecule has 0 spiro atoms. The van der Waals surface area contributed by atoms with Crippen LogP contribution in [0.2, 0.25) is 5.02 Å². The maximum absolute atomic E-state index is 12.1. The number of anilines is 1. The zero-order chi connectivity index (χ0) is 23.3. The predicted octanol–water partition coefficient (Wildman–Crippen LogP) is 7.45. The van der Waals surface area contributed by atoms with Crippen molar-refractivity contribution in [2.75, 3.05) is 5.73 Å². The van der Waals surface area contributed by atoms with E-state index in [0.717, 1.165) is 30.4 Å². The zero-order valence-electron chi connectivity index (χ0n) is 18.2. The number of nitrogens with zero attached hydrogens (tertiary/aromatic N) is 1. The van der Waals surface area contributed by atoms with E-state index in [0.29, 0.717) is 17.4 Å². The normalized spacial score (nSPS) is 12.7. The van der Waals surface area contributed by atoms with Gasteiger partial charge in [0.25, 0.3) is 0 Å². The highest BCUT2D eigenvalue weighted by atomic mass is 35.5. The molecule has 0 fully saturated rings. The summed E-state index contributed by atoms with van der Waals surface area (Å²) in [5.41, 5.74) is 6.47. The van der Waals surface area contributed by atoms with Gasteiger partial charge in [0.1, 0.15) is 6.29 Å². The first-order valence-corrected chi connectivity index (χ1v) is 10.3. The first-order valence-electron chi connectivity index (χ1n) is 9.95. The lowest BCUT2D eigenvalue weighted by Crippen LogP contribution is -2.05.